The van der Waals surface area contributed by atoms with Gasteiger partial charge in [-0.2, -0.15) is 9.82 Å². The summed E-state index contributed by atoms with van der Waals surface area (Å²) in [6.07, 6.45) is 6.85. The zero-order chi connectivity index (χ0) is 39.4. The molecule has 0 unspecified atom stereocenters. The maximum absolute atomic E-state index is 15.0. The number of sulfonamides is 2. The van der Waals surface area contributed by atoms with Crippen LogP contribution in [0.3, 0.4) is 0 Å². The van der Waals surface area contributed by atoms with Gasteiger partial charge < -0.3 is 4.90 Å². The highest BCUT2D eigenvalue weighted by atomic mass is 32.2. The third-order valence-corrected chi connectivity index (χ3v) is 17.0. The molecule has 3 N–H and O–H groups in total. The van der Waals surface area contributed by atoms with Gasteiger partial charge in [-0.1, -0.05) is 67.9 Å². The minimum atomic E-state index is -4.26. The van der Waals surface area contributed by atoms with Crippen molar-refractivity contribution in [1.29, 1.82) is 0 Å². The average molecular weight is 777 g/mol. The van der Waals surface area contributed by atoms with Crippen LogP contribution in [0.1, 0.15) is 113 Å². The van der Waals surface area contributed by atoms with E-state index in [0.29, 0.717) is 25.8 Å². The van der Waals surface area contributed by atoms with Gasteiger partial charge in [0.05, 0.1) is 22.7 Å². The Morgan fingerprint density at radius 3 is 2.11 bits per heavy atom. The van der Waals surface area contributed by atoms with E-state index >= 15 is 4.79 Å². The van der Waals surface area contributed by atoms with E-state index in [-0.39, 0.29) is 53.1 Å². The van der Waals surface area contributed by atoms with Gasteiger partial charge in [0, 0.05) is 30.7 Å². The van der Waals surface area contributed by atoms with Crippen LogP contribution in [0.15, 0.2) is 24.1 Å². The van der Waals surface area contributed by atoms with E-state index in [0.717, 1.165) is 25.6 Å². The fourth-order valence-electron chi connectivity index (χ4n) is 9.97. The number of ketones is 2. The third kappa shape index (κ3) is 6.41. The Labute approximate surface area is 313 Å². The predicted molar refractivity (Wildman–Crippen MR) is 196 cm³/mol. The number of amides is 2. The summed E-state index contributed by atoms with van der Waals surface area (Å²) in [5, 5.41) is 4.90. The lowest BCUT2D eigenvalue weighted by molar-refractivity contribution is -0.146. The summed E-state index contributed by atoms with van der Waals surface area (Å²) in [5.41, 5.74) is -3.40. The normalized spacial score (nSPS) is 30.0. The molecule has 5 fully saturated rings. The monoisotopic (exact) mass is 776 g/mol. The van der Waals surface area contributed by atoms with Crippen LogP contribution in [0.4, 0.5) is 0 Å². The first kappa shape index (κ1) is 39.7. The number of aromatic amines is 1. The molecule has 2 amide bonds. The molecule has 2 heterocycles. The number of fused-ring (bicyclic) bond motifs is 1. The Hall–Kier alpha value is -2.98. The van der Waals surface area contributed by atoms with E-state index in [1.807, 2.05) is 20.8 Å². The van der Waals surface area contributed by atoms with E-state index in [4.69, 9.17) is 0 Å². The number of nitrogens with zero attached hydrogens (tertiary/aromatic N) is 3. The molecular weight excluding hydrogens is 721 g/mol. The van der Waals surface area contributed by atoms with Crippen molar-refractivity contribution in [2.24, 2.45) is 44.3 Å². The number of hydrogen-bond donors (Lipinski definition) is 3. The van der Waals surface area contributed by atoms with Gasteiger partial charge in [0.2, 0.25) is 21.8 Å². The molecule has 294 valence electrons. The Bertz CT molecular complexity index is 1920. The van der Waals surface area contributed by atoms with Gasteiger partial charge in [-0.25, -0.2) is 26.9 Å². The molecule has 1 aromatic rings. The van der Waals surface area contributed by atoms with Crippen molar-refractivity contribution in [1.82, 2.24) is 29.5 Å². The zero-order valence-corrected chi connectivity index (χ0v) is 33.9. The quantitative estimate of drug-likeness (QED) is 0.234. The maximum atomic E-state index is 15.0. The standard InChI is InChI=1S/C37H56N6O8S2/c1-10-22-17-35(22,30(47)42-52(48,49)23-12-13-23)19-27(45)25-18-37(34(8,9)36(37)14-11-15-36)20-43(25)29(46)24(32(2,3)4)16-26(44)28(33(5,6)7)41-53(50,51)31-38-21-39-40-31/h10,21-25,28,41H,1,11-20H2,2-9H3,(H,42,47)(H,38,39,40)/t22-,24-,25+,28-,35-,37-/m1/s1. The number of aromatic nitrogens is 3. The van der Waals surface area contributed by atoms with Crippen LogP contribution < -0.4 is 9.44 Å². The summed E-state index contributed by atoms with van der Waals surface area (Å²) >= 11 is 0. The number of hydrogen-bond acceptors (Lipinski definition) is 10. The first-order valence-corrected chi connectivity index (χ1v) is 21.8. The van der Waals surface area contributed by atoms with E-state index < -0.39 is 76.4 Å². The molecule has 2 spiro atoms. The average Bonchev–Trinajstić information content (AvgIpc) is 3.93. The first-order valence-electron chi connectivity index (χ1n) is 18.7. The highest BCUT2D eigenvalue weighted by Gasteiger charge is 2.85. The van der Waals surface area contributed by atoms with Gasteiger partial charge in [0.25, 0.3) is 15.2 Å². The first-order chi connectivity index (χ1) is 24.3. The largest absolute Gasteiger partial charge is 0.332 e. The second kappa shape index (κ2) is 12.5. The highest BCUT2D eigenvalue weighted by Crippen LogP contribution is 2.88. The molecule has 6 rings (SSSR count). The van der Waals surface area contributed by atoms with Crippen LogP contribution in [0.25, 0.3) is 0 Å². The summed E-state index contributed by atoms with van der Waals surface area (Å²) in [5.74, 6) is -3.15. The minimum Gasteiger partial charge on any atom is -0.332 e. The molecule has 53 heavy (non-hydrogen) atoms. The van der Waals surface area contributed by atoms with Crippen LogP contribution >= 0.6 is 0 Å². The summed E-state index contributed by atoms with van der Waals surface area (Å²) in [4.78, 5) is 62.9. The number of Topliss-reactive ketones (excluding diaryl/α,β-unsaturated/α-hetero) is 2. The van der Waals surface area contributed by atoms with Gasteiger partial charge >= 0.3 is 0 Å². The van der Waals surface area contributed by atoms with E-state index in [9.17, 15) is 31.2 Å². The number of carbonyl (C=O) groups excluding carboxylic acids is 4. The molecule has 4 saturated carbocycles. The molecule has 0 bridgehead atoms. The van der Waals surface area contributed by atoms with Crippen LogP contribution in [-0.4, -0.2) is 84.2 Å². The van der Waals surface area contributed by atoms with Crippen LogP contribution in [-0.2, 0) is 39.2 Å². The fourth-order valence-corrected chi connectivity index (χ4v) is 12.6. The number of carbonyl (C=O) groups is 4. The maximum Gasteiger partial charge on any atom is 0.276 e. The lowest BCUT2D eigenvalue weighted by Crippen LogP contribution is -2.52. The predicted octanol–water partition coefficient (Wildman–Crippen LogP) is 3.68. The van der Waals surface area contributed by atoms with Crippen LogP contribution in [0, 0.1) is 44.3 Å². The van der Waals surface area contributed by atoms with Crippen molar-refractivity contribution in [3.8, 4) is 0 Å². The summed E-state index contributed by atoms with van der Waals surface area (Å²) in [6, 6.07) is -2.09. The van der Waals surface area contributed by atoms with Crippen LogP contribution in [0.2, 0.25) is 0 Å². The van der Waals surface area contributed by atoms with E-state index in [1.54, 1.807) is 31.7 Å². The van der Waals surface area contributed by atoms with Gasteiger partial charge in [-0.3, -0.25) is 23.9 Å². The second-order valence-corrected chi connectivity index (χ2v) is 22.7. The van der Waals surface area contributed by atoms with Crippen molar-refractivity contribution in [3.05, 3.63) is 19.0 Å². The molecular formula is C37H56N6O8S2. The van der Waals surface area contributed by atoms with E-state index in [1.165, 1.54) is 0 Å². The van der Waals surface area contributed by atoms with Crippen molar-refractivity contribution >= 4 is 43.4 Å². The number of rotatable bonds is 14. The van der Waals surface area contributed by atoms with Gasteiger partial charge in [0.1, 0.15) is 6.33 Å². The SMILES string of the molecule is C=C[C@@H]1C[C@]1(CC(=O)[C@@H]1C[C@@]2(CN1C(=O)[C@@H](CC(=O)[C@@H](NS(=O)(=O)c1ncn[nH]1)C(C)(C)C)C(C)(C)C)C(C)(C)C21CCC1)C(=O)NS(=O)(=O)C1CC1. The molecule has 4 aliphatic carbocycles. The van der Waals surface area contributed by atoms with Gasteiger partial charge in [-0.05, 0) is 66.1 Å². The van der Waals surface area contributed by atoms with E-state index in [2.05, 4.69) is 45.1 Å². The molecule has 1 aromatic heterocycles. The summed E-state index contributed by atoms with van der Waals surface area (Å²) in [6.45, 7) is 19.3. The number of nitrogens with one attached hydrogen (secondary N) is 3. The lowest BCUT2D eigenvalue weighted by Gasteiger charge is -2.37. The zero-order valence-electron chi connectivity index (χ0n) is 32.2. The summed E-state index contributed by atoms with van der Waals surface area (Å²) < 4.78 is 56.6. The molecule has 0 radical (unpaired) electrons. The number of H-pyrrole nitrogens is 1. The topological polar surface area (TPSA) is 205 Å². The third-order valence-electron chi connectivity index (χ3n) is 13.9. The van der Waals surface area contributed by atoms with Gasteiger partial charge in [-0.15, -0.1) is 6.58 Å². The number of allylic oxidation sites excluding steroid dienone is 1. The Kier molecular flexibility index (Phi) is 9.38. The fraction of sp³-hybridized carbons (Fsp3) is 0.784. The van der Waals surface area contributed by atoms with Crippen LogP contribution in [0.5, 0.6) is 0 Å². The highest BCUT2D eigenvalue weighted by molar-refractivity contribution is 7.91. The smallest absolute Gasteiger partial charge is 0.276 e. The Balaban J connectivity index is 1.30. The second-order valence-electron chi connectivity index (χ2n) is 19.1. The molecule has 1 saturated heterocycles. The van der Waals surface area contributed by atoms with Crippen molar-refractivity contribution in [2.45, 2.75) is 136 Å². The van der Waals surface area contributed by atoms with Crippen molar-refractivity contribution in [3.63, 3.8) is 0 Å². The molecule has 14 nitrogen and oxygen atoms in total. The molecule has 0 aromatic carbocycles. The molecule has 5 aliphatic rings. The molecule has 6 atom stereocenters. The summed E-state index contributed by atoms with van der Waals surface area (Å²) in [7, 11) is -8.11. The minimum absolute atomic E-state index is 0.0203. The number of likely N-dealkylation sites (tertiary alicyclic amines) is 1. The lowest BCUT2D eigenvalue weighted by atomic mass is 9.73. The van der Waals surface area contributed by atoms with Crippen molar-refractivity contribution < 1.29 is 36.0 Å². The van der Waals surface area contributed by atoms with Gasteiger partial charge in [0.15, 0.2) is 11.6 Å². The molecule has 1 aliphatic heterocycles. The molecule has 16 heteroatoms. The Morgan fingerprint density at radius 1 is 1.02 bits per heavy atom. The Morgan fingerprint density at radius 2 is 1.66 bits per heavy atom. The van der Waals surface area contributed by atoms with Crippen molar-refractivity contribution in [2.75, 3.05) is 6.54 Å².